The quantitative estimate of drug-likeness (QED) is 0.876. The number of benzene rings is 1. The maximum atomic E-state index is 10.7. The summed E-state index contributed by atoms with van der Waals surface area (Å²) in [7, 11) is 0. The highest BCUT2D eigenvalue weighted by atomic mass is 16.4. The number of hydrogen-bond acceptors (Lipinski definition) is 2. The van der Waals surface area contributed by atoms with Crippen LogP contribution in [0.15, 0.2) is 24.3 Å². The molecule has 1 aromatic rings. The van der Waals surface area contributed by atoms with E-state index < -0.39 is 12.1 Å². The summed E-state index contributed by atoms with van der Waals surface area (Å²) in [5, 5.41) is 18.2. The standard InChI is InChI=1S/C16H22O3/c1-16(2)9-7-12(8-10-16)11-3-5-13(6-4-11)14(17)15(18)19/h3-6,12,14,17H,7-10H2,1-2H3,(H,18,19). The maximum Gasteiger partial charge on any atom is 0.337 e. The summed E-state index contributed by atoms with van der Waals surface area (Å²) in [6.07, 6.45) is 3.43. The molecular weight excluding hydrogens is 240 g/mol. The van der Waals surface area contributed by atoms with Crippen LogP contribution in [0.2, 0.25) is 0 Å². The summed E-state index contributed by atoms with van der Waals surface area (Å²) in [4.78, 5) is 10.7. The zero-order valence-corrected chi connectivity index (χ0v) is 11.6. The van der Waals surface area contributed by atoms with E-state index in [9.17, 15) is 9.90 Å². The molecule has 0 aromatic heterocycles. The predicted molar refractivity (Wildman–Crippen MR) is 74.0 cm³/mol. The van der Waals surface area contributed by atoms with Gasteiger partial charge in [-0.1, -0.05) is 38.1 Å². The number of aliphatic hydroxyl groups is 1. The van der Waals surface area contributed by atoms with Crippen molar-refractivity contribution in [2.45, 2.75) is 51.6 Å². The first-order chi connectivity index (χ1) is 8.89. The minimum atomic E-state index is -1.42. The Hall–Kier alpha value is -1.35. The molecule has 2 rings (SSSR count). The monoisotopic (exact) mass is 262 g/mol. The molecule has 1 saturated carbocycles. The molecule has 0 spiro atoms. The van der Waals surface area contributed by atoms with Gasteiger partial charge in [-0.2, -0.15) is 0 Å². The molecule has 0 amide bonds. The van der Waals surface area contributed by atoms with E-state index >= 15 is 0 Å². The third-order valence-electron chi connectivity index (χ3n) is 4.30. The van der Waals surface area contributed by atoms with Crippen LogP contribution < -0.4 is 0 Å². The largest absolute Gasteiger partial charge is 0.479 e. The Balaban J connectivity index is 2.05. The van der Waals surface area contributed by atoms with E-state index in [1.54, 1.807) is 12.1 Å². The summed E-state index contributed by atoms with van der Waals surface area (Å²) in [6.45, 7) is 4.63. The van der Waals surface area contributed by atoms with Gasteiger partial charge in [0.05, 0.1) is 0 Å². The van der Waals surface area contributed by atoms with Gasteiger partial charge in [-0.05, 0) is 48.1 Å². The first-order valence-corrected chi connectivity index (χ1v) is 6.90. The number of aliphatic hydroxyl groups excluding tert-OH is 1. The summed E-state index contributed by atoms with van der Waals surface area (Å²) >= 11 is 0. The van der Waals surface area contributed by atoms with Crippen molar-refractivity contribution in [2.24, 2.45) is 5.41 Å². The highest BCUT2D eigenvalue weighted by Gasteiger charge is 2.27. The van der Waals surface area contributed by atoms with Gasteiger partial charge in [0, 0.05) is 0 Å². The molecule has 0 aliphatic heterocycles. The molecule has 3 nitrogen and oxygen atoms in total. The van der Waals surface area contributed by atoms with Crippen molar-refractivity contribution in [1.29, 1.82) is 0 Å². The van der Waals surface area contributed by atoms with E-state index in [4.69, 9.17) is 5.11 Å². The number of rotatable bonds is 3. The van der Waals surface area contributed by atoms with Crippen molar-refractivity contribution < 1.29 is 15.0 Å². The average Bonchev–Trinajstić information content (AvgIpc) is 2.38. The molecule has 0 heterocycles. The SMILES string of the molecule is CC1(C)CCC(c2ccc(C(O)C(=O)O)cc2)CC1. The second kappa shape index (κ2) is 5.33. The van der Waals surface area contributed by atoms with Crippen LogP contribution in [0, 0.1) is 5.41 Å². The lowest BCUT2D eigenvalue weighted by Gasteiger charge is -2.34. The summed E-state index contributed by atoms with van der Waals surface area (Å²) in [5.41, 5.74) is 2.17. The highest BCUT2D eigenvalue weighted by molar-refractivity contribution is 5.73. The summed E-state index contributed by atoms with van der Waals surface area (Å²) < 4.78 is 0. The molecule has 1 aliphatic rings. The van der Waals surface area contributed by atoms with Gasteiger partial charge in [-0.3, -0.25) is 0 Å². The van der Waals surface area contributed by atoms with E-state index in [2.05, 4.69) is 13.8 Å². The average molecular weight is 262 g/mol. The molecule has 1 aliphatic carbocycles. The van der Waals surface area contributed by atoms with E-state index in [1.807, 2.05) is 12.1 Å². The fourth-order valence-electron chi connectivity index (χ4n) is 2.83. The number of carboxylic acid groups (broad SMARTS) is 1. The molecule has 104 valence electrons. The van der Waals surface area contributed by atoms with E-state index in [0.717, 1.165) is 0 Å². The van der Waals surface area contributed by atoms with Crippen LogP contribution in [0.5, 0.6) is 0 Å². The Kier molecular flexibility index (Phi) is 3.95. The minimum absolute atomic E-state index is 0.451. The Morgan fingerprint density at radius 1 is 1.21 bits per heavy atom. The Morgan fingerprint density at radius 2 is 1.74 bits per heavy atom. The number of carboxylic acids is 1. The van der Waals surface area contributed by atoms with Crippen LogP contribution in [0.1, 0.15) is 62.7 Å². The van der Waals surface area contributed by atoms with E-state index in [-0.39, 0.29) is 0 Å². The third kappa shape index (κ3) is 3.35. The first-order valence-electron chi connectivity index (χ1n) is 6.90. The molecule has 1 aromatic carbocycles. The molecule has 0 bridgehead atoms. The Labute approximate surface area is 114 Å². The van der Waals surface area contributed by atoms with Crippen molar-refractivity contribution >= 4 is 5.97 Å². The fraction of sp³-hybridized carbons (Fsp3) is 0.562. The molecule has 0 radical (unpaired) electrons. The lowest BCUT2D eigenvalue weighted by Crippen LogP contribution is -2.20. The summed E-state index contributed by atoms with van der Waals surface area (Å²) in [5.74, 6) is -0.629. The highest BCUT2D eigenvalue weighted by Crippen LogP contribution is 2.42. The van der Waals surface area contributed by atoms with E-state index in [0.29, 0.717) is 16.9 Å². The Bertz CT molecular complexity index is 438. The lowest BCUT2D eigenvalue weighted by atomic mass is 9.71. The summed E-state index contributed by atoms with van der Waals surface area (Å²) in [6, 6.07) is 7.39. The Morgan fingerprint density at radius 3 is 2.21 bits per heavy atom. The molecule has 1 atom stereocenters. The first kappa shape index (κ1) is 14.1. The zero-order chi connectivity index (χ0) is 14.0. The number of carbonyl (C=O) groups is 1. The topological polar surface area (TPSA) is 57.5 Å². The lowest BCUT2D eigenvalue weighted by molar-refractivity contribution is -0.146. The van der Waals surface area contributed by atoms with Crippen LogP contribution in [0.3, 0.4) is 0 Å². The number of aliphatic carboxylic acids is 1. The van der Waals surface area contributed by atoms with Crippen LogP contribution >= 0.6 is 0 Å². The van der Waals surface area contributed by atoms with Gasteiger partial charge in [-0.15, -0.1) is 0 Å². The maximum absolute atomic E-state index is 10.7. The fourth-order valence-corrected chi connectivity index (χ4v) is 2.83. The van der Waals surface area contributed by atoms with Gasteiger partial charge in [0.15, 0.2) is 6.10 Å². The number of hydrogen-bond donors (Lipinski definition) is 2. The molecule has 1 unspecified atom stereocenters. The second-order valence-corrected chi connectivity index (χ2v) is 6.35. The third-order valence-corrected chi connectivity index (χ3v) is 4.30. The molecule has 0 saturated heterocycles. The molecule has 19 heavy (non-hydrogen) atoms. The minimum Gasteiger partial charge on any atom is -0.479 e. The van der Waals surface area contributed by atoms with Crippen molar-refractivity contribution in [3.05, 3.63) is 35.4 Å². The van der Waals surface area contributed by atoms with Crippen LogP contribution in [0.4, 0.5) is 0 Å². The molecular formula is C16H22O3. The predicted octanol–water partition coefficient (Wildman–Crippen LogP) is 3.49. The van der Waals surface area contributed by atoms with Crippen molar-refractivity contribution in [2.75, 3.05) is 0 Å². The van der Waals surface area contributed by atoms with Crippen molar-refractivity contribution in [3.8, 4) is 0 Å². The zero-order valence-electron chi connectivity index (χ0n) is 11.6. The van der Waals surface area contributed by atoms with Crippen LogP contribution in [0.25, 0.3) is 0 Å². The second-order valence-electron chi connectivity index (χ2n) is 6.35. The normalized spacial score (nSPS) is 21.0. The van der Waals surface area contributed by atoms with Gasteiger partial charge >= 0.3 is 5.97 Å². The molecule has 3 heteroatoms. The molecule has 1 fully saturated rings. The van der Waals surface area contributed by atoms with Crippen LogP contribution in [-0.2, 0) is 4.79 Å². The van der Waals surface area contributed by atoms with E-state index in [1.165, 1.54) is 31.2 Å². The van der Waals surface area contributed by atoms with Gasteiger partial charge in [0.2, 0.25) is 0 Å². The smallest absolute Gasteiger partial charge is 0.337 e. The van der Waals surface area contributed by atoms with Crippen molar-refractivity contribution in [3.63, 3.8) is 0 Å². The molecule has 2 N–H and O–H groups in total. The van der Waals surface area contributed by atoms with Gasteiger partial charge in [0.1, 0.15) is 0 Å². The van der Waals surface area contributed by atoms with Crippen molar-refractivity contribution in [1.82, 2.24) is 0 Å². The van der Waals surface area contributed by atoms with Gasteiger partial charge in [-0.25, -0.2) is 4.79 Å². The van der Waals surface area contributed by atoms with Crippen LogP contribution in [-0.4, -0.2) is 16.2 Å². The van der Waals surface area contributed by atoms with Gasteiger partial charge < -0.3 is 10.2 Å². The van der Waals surface area contributed by atoms with Gasteiger partial charge in [0.25, 0.3) is 0 Å².